The molecule has 0 aliphatic carbocycles. The second-order valence-electron chi connectivity index (χ2n) is 1.86. The monoisotopic (exact) mass is 160 g/mol. The Bertz CT molecular complexity index is 283. The molecule has 4 heteroatoms. The first kappa shape index (κ1) is 7.34. The molecule has 0 fully saturated rings. The molecule has 1 aromatic heterocycles. The van der Waals surface area contributed by atoms with Gasteiger partial charge in [-0.3, -0.25) is 0 Å². The molecule has 1 aromatic rings. The molecule has 56 valence electrons. The first-order chi connectivity index (χ1) is 4.67. The molecule has 10 heavy (non-hydrogen) atoms. The Hall–Kier alpha value is -0.770. The van der Waals surface area contributed by atoms with Gasteiger partial charge in [0.15, 0.2) is 9.84 Å². The van der Waals surface area contributed by atoms with Crippen molar-refractivity contribution in [2.24, 2.45) is 0 Å². The van der Waals surface area contributed by atoms with Crippen LogP contribution in [0.3, 0.4) is 0 Å². The van der Waals surface area contributed by atoms with Crippen molar-refractivity contribution in [2.75, 3.05) is 5.75 Å². The maximum atomic E-state index is 11.0. The van der Waals surface area contributed by atoms with Crippen molar-refractivity contribution >= 4 is 9.84 Å². The highest BCUT2D eigenvalue weighted by Crippen LogP contribution is 2.09. The van der Waals surface area contributed by atoms with Crippen molar-refractivity contribution < 1.29 is 12.8 Å². The minimum absolute atomic E-state index is 0.118. The minimum Gasteiger partial charge on any atom is -0.471 e. The van der Waals surface area contributed by atoms with Crippen molar-refractivity contribution in [3.05, 3.63) is 18.6 Å². The Morgan fingerprint density at radius 1 is 1.60 bits per heavy atom. The summed E-state index contributed by atoms with van der Waals surface area (Å²) in [4.78, 5) is 0.259. The van der Waals surface area contributed by atoms with E-state index >= 15 is 0 Å². The Morgan fingerprint density at radius 2 is 2.30 bits per heavy atom. The molecule has 0 saturated carbocycles. The van der Waals surface area contributed by atoms with Crippen LogP contribution in [-0.2, 0) is 9.84 Å². The summed E-state index contributed by atoms with van der Waals surface area (Å²) >= 11 is 0. The van der Waals surface area contributed by atoms with Gasteiger partial charge in [0.05, 0.1) is 12.0 Å². The van der Waals surface area contributed by atoms with Crippen LogP contribution in [0.1, 0.15) is 6.92 Å². The highest BCUT2D eigenvalue weighted by atomic mass is 32.2. The van der Waals surface area contributed by atoms with Gasteiger partial charge in [0.1, 0.15) is 11.2 Å². The molecular formula is C6H8O3S. The molecule has 0 bridgehead atoms. The van der Waals surface area contributed by atoms with E-state index in [1.807, 2.05) is 0 Å². The first-order valence-electron chi connectivity index (χ1n) is 2.92. The predicted octanol–water partition coefficient (Wildman–Crippen LogP) is 1.07. The zero-order chi connectivity index (χ0) is 7.61. The summed E-state index contributed by atoms with van der Waals surface area (Å²) in [5.41, 5.74) is 0. The summed E-state index contributed by atoms with van der Waals surface area (Å²) < 4.78 is 26.6. The molecule has 0 amide bonds. The minimum atomic E-state index is -3.05. The van der Waals surface area contributed by atoms with Gasteiger partial charge in [0.2, 0.25) is 0 Å². The SMILES string of the molecule is CCS(=O)(=O)c1ccoc1. The number of hydrogen-bond acceptors (Lipinski definition) is 3. The van der Waals surface area contributed by atoms with Crippen LogP contribution in [0.15, 0.2) is 27.9 Å². The molecule has 0 radical (unpaired) electrons. The summed E-state index contributed by atoms with van der Waals surface area (Å²) in [7, 11) is -3.05. The fourth-order valence-corrected chi connectivity index (χ4v) is 1.39. The smallest absolute Gasteiger partial charge is 0.181 e. The highest BCUT2D eigenvalue weighted by Gasteiger charge is 2.11. The van der Waals surface area contributed by atoms with Gasteiger partial charge < -0.3 is 4.42 Å². The molecule has 0 spiro atoms. The fourth-order valence-electron chi connectivity index (χ4n) is 0.596. The number of sulfone groups is 1. The van der Waals surface area contributed by atoms with Crippen LogP contribution in [0.5, 0.6) is 0 Å². The van der Waals surface area contributed by atoms with Crippen LogP contribution in [0.25, 0.3) is 0 Å². The van der Waals surface area contributed by atoms with Gasteiger partial charge in [-0.05, 0) is 6.07 Å². The normalized spacial score (nSPS) is 11.7. The van der Waals surface area contributed by atoms with Crippen molar-refractivity contribution in [1.29, 1.82) is 0 Å². The highest BCUT2D eigenvalue weighted by molar-refractivity contribution is 7.91. The Kier molecular flexibility index (Phi) is 1.80. The van der Waals surface area contributed by atoms with Gasteiger partial charge in [-0.2, -0.15) is 0 Å². The van der Waals surface area contributed by atoms with Crippen molar-refractivity contribution in [3.8, 4) is 0 Å². The quantitative estimate of drug-likeness (QED) is 0.650. The van der Waals surface area contributed by atoms with Crippen molar-refractivity contribution in [1.82, 2.24) is 0 Å². The average molecular weight is 160 g/mol. The van der Waals surface area contributed by atoms with E-state index < -0.39 is 9.84 Å². The topological polar surface area (TPSA) is 47.3 Å². The van der Waals surface area contributed by atoms with E-state index in [4.69, 9.17) is 0 Å². The second kappa shape index (κ2) is 2.46. The Morgan fingerprint density at radius 3 is 2.70 bits per heavy atom. The molecule has 0 aliphatic heterocycles. The maximum absolute atomic E-state index is 11.0. The molecule has 0 N–H and O–H groups in total. The molecule has 1 rings (SSSR count). The van der Waals surface area contributed by atoms with E-state index in [-0.39, 0.29) is 10.6 Å². The van der Waals surface area contributed by atoms with Gasteiger partial charge in [-0.15, -0.1) is 0 Å². The third-order valence-corrected chi connectivity index (χ3v) is 2.94. The lowest BCUT2D eigenvalue weighted by Gasteiger charge is -1.92. The lowest BCUT2D eigenvalue weighted by Crippen LogP contribution is -2.01. The molecule has 1 heterocycles. The van der Waals surface area contributed by atoms with Crippen LogP contribution in [-0.4, -0.2) is 14.2 Å². The van der Waals surface area contributed by atoms with Gasteiger partial charge in [0.25, 0.3) is 0 Å². The molecule has 0 aliphatic rings. The van der Waals surface area contributed by atoms with E-state index in [9.17, 15) is 8.42 Å². The third-order valence-electron chi connectivity index (χ3n) is 1.23. The standard InChI is InChI=1S/C6H8O3S/c1-2-10(7,8)6-3-4-9-5-6/h3-5H,2H2,1H3. The van der Waals surface area contributed by atoms with Crippen LogP contribution in [0, 0.1) is 0 Å². The molecule has 0 atom stereocenters. The zero-order valence-electron chi connectivity index (χ0n) is 5.57. The largest absolute Gasteiger partial charge is 0.471 e. The van der Waals surface area contributed by atoms with Crippen molar-refractivity contribution in [3.63, 3.8) is 0 Å². The summed E-state index contributed by atoms with van der Waals surface area (Å²) in [6.45, 7) is 1.60. The van der Waals surface area contributed by atoms with Gasteiger partial charge in [-0.1, -0.05) is 6.92 Å². The van der Waals surface area contributed by atoms with Gasteiger partial charge in [-0.25, -0.2) is 8.42 Å². The lowest BCUT2D eigenvalue weighted by atomic mass is 10.7. The zero-order valence-corrected chi connectivity index (χ0v) is 6.39. The summed E-state index contributed by atoms with van der Waals surface area (Å²) in [6.07, 6.45) is 2.58. The molecule has 0 unspecified atom stereocenters. The van der Waals surface area contributed by atoms with Crippen LogP contribution >= 0.6 is 0 Å². The molecule has 3 nitrogen and oxygen atoms in total. The van der Waals surface area contributed by atoms with Crippen LogP contribution in [0.2, 0.25) is 0 Å². The van der Waals surface area contributed by atoms with E-state index in [0.717, 1.165) is 0 Å². The molecule has 0 aromatic carbocycles. The van der Waals surface area contributed by atoms with Gasteiger partial charge in [0, 0.05) is 0 Å². The van der Waals surface area contributed by atoms with Gasteiger partial charge >= 0.3 is 0 Å². The van der Waals surface area contributed by atoms with E-state index in [0.29, 0.717) is 0 Å². The van der Waals surface area contributed by atoms with Crippen LogP contribution in [0.4, 0.5) is 0 Å². The Labute approximate surface area is 59.6 Å². The molecule has 0 saturated heterocycles. The predicted molar refractivity (Wildman–Crippen MR) is 36.4 cm³/mol. The second-order valence-corrected chi connectivity index (χ2v) is 4.14. The number of furan rings is 1. The van der Waals surface area contributed by atoms with Crippen molar-refractivity contribution in [2.45, 2.75) is 11.8 Å². The van der Waals surface area contributed by atoms with E-state index in [1.54, 1.807) is 6.92 Å². The molecular weight excluding hydrogens is 152 g/mol. The van der Waals surface area contributed by atoms with Crippen LogP contribution < -0.4 is 0 Å². The third kappa shape index (κ3) is 1.21. The maximum Gasteiger partial charge on any atom is 0.181 e. The summed E-state index contributed by atoms with van der Waals surface area (Å²) in [5, 5.41) is 0. The first-order valence-corrected chi connectivity index (χ1v) is 4.57. The number of rotatable bonds is 2. The number of hydrogen-bond donors (Lipinski definition) is 0. The Balaban J connectivity index is 3.09. The lowest BCUT2D eigenvalue weighted by molar-refractivity contribution is 0.556. The van der Waals surface area contributed by atoms with E-state index in [2.05, 4.69) is 4.42 Å². The fraction of sp³-hybridized carbons (Fsp3) is 0.333. The average Bonchev–Trinajstić information content (AvgIpc) is 2.38. The summed E-state index contributed by atoms with van der Waals surface area (Å²) in [6, 6.07) is 1.44. The van der Waals surface area contributed by atoms with E-state index in [1.165, 1.54) is 18.6 Å². The summed E-state index contributed by atoms with van der Waals surface area (Å²) in [5.74, 6) is 0.118.